The predicted molar refractivity (Wildman–Crippen MR) is 89.6 cm³/mol. The molecule has 0 aliphatic heterocycles. The smallest absolute Gasteiger partial charge is 0.152 e. The molecule has 5 heteroatoms. The molecule has 2 N–H and O–H groups in total. The van der Waals surface area contributed by atoms with Crippen molar-refractivity contribution >= 4 is 12.0 Å². The molecule has 1 aromatic heterocycles. The molecule has 1 aromatic rings. The summed E-state index contributed by atoms with van der Waals surface area (Å²) in [6.45, 7) is 6.02. The third-order valence-electron chi connectivity index (χ3n) is 4.05. The molecular weight excluding hydrogens is 274 g/mol. The summed E-state index contributed by atoms with van der Waals surface area (Å²) in [4.78, 5) is 4.13. The molecular formula is C17H23N5. The second-order valence-corrected chi connectivity index (χ2v) is 5.74. The highest BCUT2D eigenvalue weighted by molar-refractivity contribution is 5.83. The summed E-state index contributed by atoms with van der Waals surface area (Å²) in [6, 6.07) is 4.10. The average Bonchev–Trinajstić information content (AvgIpc) is 3.15. The summed E-state index contributed by atoms with van der Waals surface area (Å²) < 4.78 is 0. The lowest BCUT2D eigenvalue weighted by atomic mass is 10.0. The molecule has 0 aromatic carbocycles. The highest BCUT2D eigenvalue weighted by Gasteiger charge is 2.24. The minimum Gasteiger partial charge on any atom is -0.338 e. The lowest BCUT2D eigenvalue weighted by Gasteiger charge is -2.05. The molecule has 22 heavy (non-hydrogen) atoms. The summed E-state index contributed by atoms with van der Waals surface area (Å²) in [5.74, 6) is 2.18. The first kappa shape index (κ1) is 16.0. The maximum absolute atomic E-state index is 8.86. The number of H-pyrrole nitrogens is 1. The van der Waals surface area contributed by atoms with Gasteiger partial charge in [-0.15, -0.1) is 0 Å². The maximum atomic E-state index is 8.86. The van der Waals surface area contributed by atoms with Crippen LogP contribution in [0, 0.1) is 17.2 Å². The first-order valence-corrected chi connectivity index (χ1v) is 7.75. The molecule has 0 radical (unpaired) electrons. The summed E-state index contributed by atoms with van der Waals surface area (Å²) in [5, 5.41) is 19.5. The van der Waals surface area contributed by atoms with Gasteiger partial charge in [-0.25, -0.2) is 4.99 Å². The van der Waals surface area contributed by atoms with E-state index in [0.29, 0.717) is 11.6 Å². The van der Waals surface area contributed by atoms with Crippen molar-refractivity contribution in [2.45, 2.75) is 46.0 Å². The summed E-state index contributed by atoms with van der Waals surface area (Å²) >= 11 is 0. The number of allylic oxidation sites excluding steroid dienone is 4. The summed E-state index contributed by atoms with van der Waals surface area (Å²) in [5.41, 5.74) is 2.40. The predicted octanol–water partition coefficient (Wildman–Crippen LogP) is 4.13. The Morgan fingerprint density at radius 2 is 2.27 bits per heavy atom. The van der Waals surface area contributed by atoms with E-state index in [2.05, 4.69) is 33.5 Å². The fraction of sp³-hybridized carbons (Fsp3) is 0.471. The van der Waals surface area contributed by atoms with Crippen LogP contribution in [0.2, 0.25) is 0 Å². The topological polar surface area (TPSA) is 76.9 Å². The number of hydrogen-bond donors (Lipinski definition) is 2. The second-order valence-electron chi connectivity index (χ2n) is 5.74. The van der Waals surface area contributed by atoms with Crippen molar-refractivity contribution in [3.8, 4) is 6.07 Å². The quantitative estimate of drug-likeness (QED) is 0.633. The summed E-state index contributed by atoms with van der Waals surface area (Å²) in [6.07, 6.45) is 8.97. The zero-order valence-corrected chi connectivity index (χ0v) is 13.4. The van der Waals surface area contributed by atoms with E-state index < -0.39 is 0 Å². The number of aromatic nitrogens is 2. The molecule has 2 atom stereocenters. The van der Waals surface area contributed by atoms with Crippen LogP contribution in [-0.2, 0) is 0 Å². The van der Waals surface area contributed by atoms with Crippen LogP contribution in [0.5, 0.6) is 0 Å². The van der Waals surface area contributed by atoms with Crippen LogP contribution in [0.4, 0.5) is 5.82 Å². The van der Waals surface area contributed by atoms with E-state index in [1.54, 1.807) is 19.2 Å². The molecule has 2 rings (SSSR count). The number of rotatable bonds is 5. The van der Waals surface area contributed by atoms with Crippen LogP contribution < -0.4 is 5.32 Å². The van der Waals surface area contributed by atoms with Crippen LogP contribution in [0.3, 0.4) is 0 Å². The van der Waals surface area contributed by atoms with Crippen LogP contribution in [0.15, 0.2) is 34.6 Å². The maximum Gasteiger partial charge on any atom is 0.152 e. The van der Waals surface area contributed by atoms with Gasteiger partial charge in [-0.1, -0.05) is 25.5 Å². The SMILES string of the molecule is CC=C(C=N/C(C#N)=C\C)Nc1cc(C2CCC(C)C2)[nH]n1. The number of aromatic amines is 1. The third-order valence-corrected chi connectivity index (χ3v) is 4.05. The fourth-order valence-corrected chi connectivity index (χ4v) is 2.73. The largest absolute Gasteiger partial charge is 0.338 e. The van der Waals surface area contributed by atoms with Crippen molar-refractivity contribution in [3.63, 3.8) is 0 Å². The Morgan fingerprint density at radius 3 is 2.86 bits per heavy atom. The molecule has 116 valence electrons. The van der Waals surface area contributed by atoms with Crippen LogP contribution in [0.25, 0.3) is 0 Å². The summed E-state index contributed by atoms with van der Waals surface area (Å²) in [7, 11) is 0. The van der Waals surface area contributed by atoms with Crippen molar-refractivity contribution in [1.29, 1.82) is 5.26 Å². The Morgan fingerprint density at radius 1 is 1.45 bits per heavy atom. The highest BCUT2D eigenvalue weighted by atomic mass is 15.2. The van der Waals surface area contributed by atoms with Crippen LogP contribution in [0.1, 0.15) is 51.6 Å². The van der Waals surface area contributed by atoms with Gasteiger partial charge in [0.2, 0.25) is 0 Å². The standard InChI is InChI=1S/C17H23N5/c1-4-14(10-18)19-11-15(5-2)20-17-9-16(21-22-17)13-7-6-12(3)8-13/h4-5,9,11-13H,6-8H2,1-3H3,(H2,20,21,22)/b14-4-,15-5?,19-11?. The van der Waals surface area contributed by atoms with E-state index in [-0.39, 0.29) is 0 Å². The molecule has 0 saturated heterocycles. The number of anilines is 1. The van der Waals surface area contributed by atoms with Gasteiger partial charge in [0.25, 0.3) is 0 Å². The number of nitriles is 1. The molecule has 1 aliphatic carbocycles. The zero-order valence-electron chi connectivity index (χ0n) is 13.4. The van der Waals surface area contributed by atoms with Crippen molar-refractivity contribution in [1.82, 2.24) is 10.2 Å². The van der Waals surface area contributed by atoms with Gasteiger partial charge in [-0.3, -0.25) is 5.10 Å². The van der Waals surface area contributed by atoms with Gasteiger partial charge in [0.05, 0.1) is 11.9 Å². The normalized spacial score (nSPS) is 23.0. The molecule has 1 heterocycles. The minimum absolute atomic E-state index is 0.392. The van der Waals surface area contributed by atoms with Gasteiger partial charge in [-0.2, -0.15) is 10.4 Å². The zero-order chi connectivity index (χ0) is 15.9. The Hall–Kier alpha value is -2.35. The monoisotopic (exact) mass is 297 g/mol. The Balaban J connectivity index is 2.01. The lowest BCUT2D eigenvalue weighted by Crippen LogP contribution is -2.01. The van der Waals surface area contributed by atoms with Crippen molar-refractivity contribution in [2.24, 2.45) is 10.9 Å². The first-order valence-electron chi connectivity index (χ1n) is 7.75. The molecule has 1 fully saturated rings. The molecule has 0 amide bonds. The molecule has 2 unspecified atom stereocenters. The first-order chi connectivity index (χ1) is 10.7. The number of nitrogens with one attached hydrogen (secondary N) is 2. The highest BCUT2D eigenvalue weighted by Crippen LogP contribution is 2.37. The van der Waals surface area contributed by atoms with E-state index in [0.717, 1.165) is 17.4 Å². The van der Waals surface area contributed by atoms with Crippen LogP contribution in [-0.4, -0.2) is 16.4 Å². The van der Waals surface area contributed by atoms with E-state index in [9.17, 15) is 0 Å². The Labute approximate surface area is 131 Å². The third kappa shape index (κ3) is 4.08. The van der Waals surface area contributed by atoms with Gasteiger partial charge in [-0.05, 0) is 32.6 Å². The second kappa shape index (κ2) is 7.60. The van der Waals surface area contributed by atoms with E-state index >= 15 is 0 Å². The fourth-order valence-electron chi connectivity index (χ4n) is 2.73. The van der Waals surface area contributed by atoms with E-state index in [1.165, 1.54) is 25.0 Å². The van der Waals surface area contributed by atoms with Crippen molar-refractivity contribution in [2.75, 3.05) is 5.32 Å². The van der Waals surface area contributed by atoms with Gasteiger partial charge in [0.1, 0.15) is 11.8 Å². The number of hydrogen-bond acceptors (Lipinski definition) is 4. The lowest BCUT2D eigenvalue weighted by molar-refractivity contribution is 0.591. The Bertz CT molecular complexity index is 630. The van der Waals surface area contributed by atoms with Gasteiger partial charge in [0, 0.05) is 17.7 Å². The van der Waals surface area contributed by atoms with E-state index in [4.69, 9.17) is 5.26 Å². The van der Waals surface area contributed by atoms with Crippen molar-refractivity contribution < 1.29 is 0 Å². The minimum atomic E-state index is 0.392. The van der Waals surface area contributed by atoms with Gasteiger partial charge < -0.3 is 5.32 Å². The average molecular weight is 297 g/mol. The number of aliphatic imine (C=N–C) groups is 1. The van der Waals surface area contributed by atoms with Crippen LogP contribution >= 0.6 is 0 Å². The van der Waals surface area contributed by atoms with Gasteiger partial charge in [0.15, 0.2) is 5.82 Å². The molecule has 0 bridgehead atoms. The van der Waals surface area contributed by atoms with E-state index in [1.807, 2.05) is 19.1 Å². The van der Waals surface area contributed by atoms with Crippen molar-refractivity contribution in [3.05, 3.63) is 35.3 Å². The number of nitrogens with zero attached hydrogens (tertiary/aromatic N) is 3. The molecule has 1 saturated carbocycles. The Kier molecular flexibility index (Phi) is 5.54. The molecule has 1 aliphatic rings. The molecule has 0 spiro atoms. The molecule has 5 nitrogen and oxygen atoms in total. The van der Waals surface area contributed by atoms with Gasteiger partial charge >= 0.3 is 0 Å².